The van der Waals surface area contributed by atoms with Crippen molar-refractivity contribution in [3.8, 4) is 17.1 Å². The highest BCUT2D eigenvalue weighted by Crippen LogP contribution is 2.36. The van der Waals surface area contributed by atoms with Crippen molar-refractivity contribution >= 4 is 33.4 Å². The number of aromatic hydroxyl groups is 1. The topological polar surface area (TPSA) is 108 Å². The fourth-order valence-corrected chi connectivity index (χ4v) is 4.52. The van der Waals surface area contributed by atoms with Crippen molar-refractivity contribution in [3.05, 3.63) is 42.0 Å². The van der Waals surface area contributed by atoms with Gasteiger partial charge in [-0.25, -0.2) is 14.4 Å². The zero-order chi connectivity index (χ0) is 24.2. The number of fused-ring (bicyclic) bond motifs is 2. The summed E-state index contributed by atoms with van der Waals surface area (Å²) >= 11 is 0. The molecule has 0 unspecified atom stereocenters. The van der Waals surface area contributed by atoms with Gasteiger partial charge in [-0.05, 0) is 44.7 Å². The molecule has 2 aromatic heterocycles. The lowest BCUT2D eigenvalue weighted by Crippen LogP contribution is -2.42. The smallest absolute Gasteiger partial charge is 0.270 e. The summed E-state index contributed by atoms with van der Waals surface area (Å²) in [5.41, 5.74) is 1.82. The molecule has 1 aliphatic rings. The molecular weight excluding hydrogens is 437 g/mol. The summed E-state index contributed by atoms with van der Waals surface area (Å²) in [4.78, 5) is 24.1. The molecule has 0 radical (unpaired) electrons. The van der Waals surface area contributed by atoms with Crippen LogP contribution in [0.15, 0.2) is 30.5 Å². The van der Waals surface area contributed by atoms with Crippen molar-refractivity contribution in [1.82, 2.24) is 30.4 Å². The van der Waals surface area contributed by atoms with Gasteiger partial charge in [0, 0.05) is 55.4 Å². The molecule has 34 heavy (non-hydrogen) atoms. The number of anilines is 1. The molecule has 3 N–H and O–H groups in total. The molecule has 1 fully saturated rings. The number of hydrogen-bond donors (Lipinski definition) is 3. The van der Waals surface area contributed by atoms with E-state index < -0.39 is 17.5 Å². The van der Waals surface area contributed by atoms with Gasteiger partial charge in [-0.1, -0.05) is 0 Å². The number of carbonyl (C=O) groups is 1. The van der Waals surface area contributed by atoms with E-state index in [0.717, 1.165) is 25.2 Å². The minimum absolute atomic E-state index is 0.0193. The van der Waals surface area contributed by atoms with E-state index >= 15 is 0 Å². The van der Waals surface area contributed by atoms with E-state index in [2.05, 4.69) is 37.5 Å². The average molecular weight is 464 g/mol. The van der Waals surface area contributed by atoms with Gasteiger partial charge in [0.05, 0.1) is 11.1 Å². The standard InChI is InChI=1S/C24H26FN7O2/c1-24(27-3)7-8-32(12-24)14-5-6-17-15(10-14)20(23(34)26-2)29-22(28-17)16-9-13-11-31(4)30-19(13)18(25)21(16)33/h5-6,9-11,27,33H,7-8,12H2,1-4H3,(H,26,34)/t24-/m1/s1. The quantitative estimate of drug-likeness (QED) is 0.427. The molecule has 2 aromatic carbocycles. The zero-order valence-electron chi connectivity index (χ0n) is 19.5. The highest BCUT2D eigenvalue weighted by atomic mass is 19.1. The van der Waals surface area contributed by atoms with Gasteiger partial charge in [0.15, 0.2) is 17.4 Å². The number of amides is 1. The van der Waals surface area contributed by atoms with Gasteiger partial charge in [-0.15, -0.1) is 0 Å². The van der Waals surface area contributed by atoms with E-state index in [9.17, 15) is 14.3 Å². The summed E-state index contributed by atoms with van der Waals surface area (Å²) in [7, 11) is 5.16. The van der Waals surface area contributed by atoms with Gasteiger partial charge < -0.3 is 20.6 Å². The van der Waals surface area contributed by atoms with Crippen molar-refractivity contribution in [2.75, 3.05) is 32.1 Å². The first-order valence-corrected chi connectivity index (χ1v) is 11.1. The van der Waals surface area contributed by atoms with Gasteiger partial charge in [0.1, 0.15) is 11.2 Å². The molecular formula is C24H26FN7O2. The Bertz CT molecular complexity index is 1450. The Morgan fingerprint density at radius 2 is 2.03 bits per heavy atom. The monoisotopic (exact) mass is 463 g/mol. The van der Waals surface area contributed by atoms with Crippen LogP contribution in [0, 0.1) is 5.82 Å². The van der Waals surface area contributed by atoms with Crippen LogP contribution in [0.4, 0.5) is 10.1 Å². The molecule has 4 aromatic rings. The lowest BCUT2D eigenvalue weighted by atomic mass is 10.0. The molecule has 0 aliphatic carbocycles. The van der Waals surface area contributed by atoms with E-state index in [1.165, 1.54) is 11.7 Å². The number of aromatic nitrogens is 4. The number of carbonyl (C=O) groups excluding carboxylic acids is 1. The maximum absolute atomic E-state index is 14.8. The normalized spacial score (nSPS) is 18.2. The molecule has 1 atom stereocenters. The first-order chi connectivity index (χ1) is 16.2. The third-order valence-corrected chi connectivity index (χ3v) is 6.63. The van der Waals surface area contributed by atoms with E-state index in [1.807, 2.05) is 25.2 Å². The van der Waals surface area contributed by atoms with Crippen LogP contribution < -0.4 is 15.5 Å². The van der Waals surface area contributed by atoms with Crippen LogP contribution >= 0.6 is 0 Å². The Balaban J connectivity index is 1.66. The summed E-state index contributed by atoms with van der Waals surface area (Å²) in [6.07, 6.45) is 2.64. The van der Waals surface area contributed by atoms with Crippen LogP contribution in [0.25, 0.3) is 33.2 Å². The number of nitrogens with zero attached hydrogens (tertiary/aromatic N) is 5. The lowest BCUT2D eigenvalue weighted by Gasteiger charge is -2.25. The maximum Gasteiger partial charge on any atom is 0.270 e. The molecule has 0 saturated carbocycles. The van der Waals surface area contributed by atoms with Gasteiger partial charge in [-0.3, -0.25) is 9.48 Å². The van der Waals surface area contributed by atoms with Crippen molar-refractivity contribution in [2.24, 2.45) is 7.05 Å². The number of likely N-dealkylation sites (N-methyl/N-ethyl adjacent to an activating group) is 1. The van der Waals surface area contributed by atoms with Crippen molar-refractivity contribution in [2.45, 2.75) is 18.9 Å². The first kappa shape index (κ1) is 22.0. The second-order valence-electron chi connectivity index (χ2n) is 8.99. The number of hydrogen-bond acceptors (Lipinski definition) is 7. The summed E-state index contributed by atoms with van der Waals surface area (Å²) in [6, 6.07) is 7.27. The molecule has 3 heterocycles. The number of nitrogens with one attached hydrogen (secondary N) is 2. The van der Waals surface area contributed by atoms with Crippen LogP contribution in [-0.4, -0.2) is 63.5 Å². The molecule has 5 rings (SSSR count). The molecule has 10 heteroatoms. The highest BCUT2D eigenvalue weighted by Gasteiger charge is 2.32. The van der Waals surface area contributed by atoms with Crippen molar-refractivity contribution in [1.29, 1.82) is 0 Å². The van der Waals surface area contributed by atoms with Gasteiger partial charge in [0.25, 0.3) is 5.91 Å². The Labute approximate surface area is 195 Å². The predicted molar refractivity (Wildman–Crippen MR) is 129 cm³/mol. The van der Waals surface area contributed by atoms with E-state index in [4.69, 9.17) is 0 Å². The summed E-state index contributed by atoms with van der Waals surface area (Å²) < 4.78 is 16.3. The largest absolute Gasteiger partial charge is 0.504 e. The second-order valence-corrected chi connectivity index (χ2v) is 8.99. The number of phenolic OH excluding ortho intramolecular Hbond substituents is 1. The van der Waals surface area contributed by atoms with Gasteiger partial charge >= 0.3 is 0 Å². The number of halogens is 1. The molecule has 0 spiro atoms. The van der Waals surface area contributed by atoms with Crippen LogP contribution in [0.2, 0.25) is 0 Å². The van der Waals surface area contributed by atoms with Crippen LogP contribution in [0.3, 0.4) is 0 Å². The fourth-order valence-electron chi connectivity index (χ4n) is 4.52. The molecule has 1 amide bonds. The lowest BCUT2D eigenvalue weighted by molar-refractivity contribution is 0.0960. The third-order valence-electron chi connectivity index (χ3n) is 6.63. The summed E-state index contributed by atoms with van der Waals surface area (Å²) in [5, 5.41) is 21.7. The number of rotatable bonds is 4. The maximum atomic E-state index is 14.8. The SMILES string of the molecule is CNC(=O)c1nc(-c2cc3cn(C)nc3c(F)c2O)nc2ccc(N3CC[C@@](C)(NC)C3)cc12. The Morgan fingerprint density at radius 3 is 2.74 bits per heavy atom. The van der Waals surface area contributed by atoms with Gasteiger partial charge in [0.2, 0.25) is 0 Å². The molecule has 9 nitrogen and oxygen atoms in total. The summed E-state index contributed by atoms with van der Waals surface area (Å²) in [5.74, 6) is -1.79. The van der Waals surface area contributed by atoms with Crippen LogP contribution in [0.5, 0.6) is 5.75 Å². The van der Waals surface area contributed by atoms with E-state index in [-0.39, 0.29) is 28.1 Å². The molecule has 1 saturated heterocycles. The highest BCUT2D eigenvalue weighted by molar-refractivity contribution is 6.06. The van der Waals surface area contributed by atoms with Crippen molar-refractivity contribution in [3.63, 3.8) is 0 Å². The zero-order valence-corrected chi connectivity index (χ0v) is 19.5. The number of phenols is 1. The molecule has 176 valence electrons. The second kappa shape index (κ2) is 7.91. The Hall–Kier alpha value is -3.79. The first-order valence-electron chi connectivity index (χ1n) is 11.1. The van der Waals surface area contributed by atoms with Gasteiger partial charge in [-0.2, -0.15) is 5.10 Å². The van der Waals surface area contributed by atoms with Crippen LogP contribution in [-0.2, 0) is 7.05 Å². The Kier molecular flexibility index (Phi) is 5.12. The number of aryl methyl sites for hydroxylation is 1. The number of benzene rings is 2. The Morgan fingerprint density at radius 1 is 1.24 bits per heavy atom. The fraction of sp³-hybridized carbons (Fsp3) is 0.333. The van der Waals surface area contributed by atoms with E-state index in [1.54, 1.807) is 19.3 Å². The van der Waals surface area contributed by atoms with Crippen LogP contribution in [0.1, 0.15) is 23.8 Å². The summed E-state index contributed by atoms with van der Waals surface area (Å²) in [6.45, 7) is 3.90. The van der Waals surface area contributed by atoms with Crippen molar-refractivity contribution < 1.29 is 14.3 Å². The molecule has 1 aliphatic heterocycles. The molecule has 0 bridgehead atoms. The van der Waals surface area contributed by atoms with E-state index in [0.29, 0.717) is 16.3 Å². The predicted octanol–water partition coefficient (Wildman–Crippen LogP) is 2.58. The third kappa shape index (κ3) is 3.50. The minimum Gasteiger partial charge on any atom is -0.504 e. The minimum atomic E-state index is -0.852. The average Bonchev–Trinajstić information content (AvgIpc) is 3.42.